The SMILES string of the molecule is Fc1cccc(Nc2ncnc3cc(-c4ccc(N5CCOCC5)nc4)ccc23)c1F. The Morgan fingerprint density at radius 3 is 2.55 bits per heavy atom. The Hall–Kier alpha value is -3.65. The molecule has 0 aliphatic carbocycles. The molecule has 1 fully saturated rings. The molecule has 0 saturated carbocycles. The second-order valence-corrected chi connectivity index (χ2v) is 7.19. The summed E-state index contributed by atoms with van der Waals surface area (Å²) in [7, 11) is 0. The summed E-state index contributed by atoms with van der Waals surface area (Å²) in [6.07, 6.45) is 3.24. The van der Waals surface area contributed by atoms with Gasteiger partial charge < -0.3 is 15.0 Å². The van der Waals surface area contributed by atoms with Crippen molar-refractivity contribution in [1.29, 1.82) is 0 Å². The zero-order valence-corrected chi connectivity index (χ0v) is 16.6. The molecule has 5 rings (SSSR count). The maximum Gasteiger partial charge on any atom is 0.182 e. The van der Waals surface area contributed by atoms with Crippen LogP contribution in [-0.2, 0) is 4.74 Å². The number of ether oxygens (including phenoxy) is 1. The van der Waals surface area contributed by atoms with E-state index in [0.29, 0.717) is 29.9 Å². The molecule has 0 bridgehead atoms. The molecule has 0 atom stereocenters. The fourth-order valence-corrected chi connectivity index (χ4v) is 3.60. The van der Waals surface area contributed by atoms with Gasteiger partial charge in [0.1, 0.15) is 18.0 Å². The van der Waals surface area contributed by atoms with Crippen molar-refractivity contribution in [2.45, 2.75) is 0 Å². The molecular formula is C23H19F2N5O. The summed E-state index contributed by atoms with van der Waals surface area (Å²) < 4.78 is 33.0. The van der Waals surface area contributed by atoms with E-state index in [1.54, 1.807) is 0 Å². The minimum atomic E-state index is -0.947. The number of pyridine rings is 1. The number of anilines is 3. The monoisotopic (exact) mass is 419 g/mol. The largest absolute Gasteiger partial charge is 0.378 e. The van der Waals surface area contributed by atoms with E-state index in [9.17, 15) is 8.78 Å². The van der Waals surface area contributed by atoms with E-state index >= 15 is 0 Å². The van der Waals surface area contributed by atoms with Gasteiger partial charge in [-0.05, 0) is 42.0 Å². The molecule has 1 aliphatic rings. The maximum absolute atomic E-state index is 14.0. The molecule has 1 N–H and O–H groups in total. The molecule has 8 heteroatoms. The average molecular weight is 419 g/mol. The van der Waals surface area contributed by atoms with Crippen LogP contribution in [-0.4, -0.2) is 41.3 Å². The second-order valence-electron chi connectivity index (χ2n) is 7.19. The maximum atomic E-state index is 14.0. The second kappa shape index (κ2) is 8.23. The Kier molecular flexibility index (Phi) is 5.13. The summed E-state index contributed by atoms with van der Waals surface area (Å²) in [5, 5.41) is 3.57. The lowest BCUT2D eigenvalue weighted by molar-refractivity contribution is 0.122. The Balaban J connectivity index is 1.43. The topological polar surface area (TPSA) is 63.2 Å². The first-order valence-corrected chi connectivity index (χ1v) is 9.94. The first-order chi connectivity index (χ1) is 15.2. The quantitative estimate of drug-likeness (QED) is 0.524. The van der Waals surface area contributed by atoms with E-state index in [-0.39, 0.29) is 5.69 Å². The molecule has 156 valence electrons. The lowest BCUT2D eigenvalue weighted by Gasteiger charge is -2.27. The molecule has 0 radical (unpaired) electrons. The summed E-state index contributed by atoms with van der Waals surface area (Å²) >= 11 is 0. The average Bonchev–Trinajstić information content (AvgIpc) is 2.82. The molecule has 1 aliphatic heterocycles. The zero-order chi connectivity index (χ0) is 21.2. The van der Waals surface area contributed by atoms with Crippen LogP contribution in [0, 0.1) is 11.6 Å². The lowest BCUT2D eigenvalue weighted by Crippen LogP contribution is -2.36. The highest BCUT2D eigenvalue weighted by atomic mass is 19.2. The minimum Gasteiger partial charge on any atom is -0.378 e. The smallest absolute Gasteiger partial charge is 0.182 e. The van der Waals surface area contributed by atoms with Gasteiger partial charge in [0.05, 0.1) is 24.4 Å². The summed E-state index contributed by atoms with van der Waals surface area (Å²) in [4.78, 5) is 15.3. The number of benzene rings is 2. The van der Waals surface area contributed by atoms with E-state index in [0.717, 1.165) is 36.1 Å². The highest BCUT2D eigenvalue weighted by Gasteiger charge is 2.13. The number of rotatable bonds is 4. The van der Waals surface area contributed by atoms with Crippen molar-refractivity contribution in [1.82, 2.24) is 15.0 Å². The van der Waals surface area contributed by atoms with Gasteiger partial charge in [-0.1, -0.05) is 12.1 Å². The third-order valence-electron chi connectivity index (χ3n) is 5.26. The predicted molar refractivity (Wildman–Crippen MR) is 115 cm³/mol. The fraction of sp³-hybridized carbons (Fsp3) is 0.174. The van der Waals surface area contributed by atoms with Gasteiger partial charge in [-0.3, -0.25) is 0 Å². The molecule has 3 heterocycles. The number of aromatic nitrogens is 3. The van der Waals surface area contributed by atoms with Crippen LogP contribution >= 0.6 is 0 Å². The van der Waals surface area contributed by atoms with E-state index in [1.807, 2.05) is 36.5 Å². The van der Waals surface area contributed by atoms with Gasteiger partial charge in [-0.2, -0.15) is 0 Å². The number of morpholine rings is 1. The van der Waals surface area contributed by atoms with Gasteiger partial charge in [0.2, 0.25) is 0 Å². The number of nitrogens with one attached hydrogen (secondary N) is 1. The molecule has 0 amide bonds. The van der Waals surface area contributed by atoms with E-state index < -0.39 is 11.6 Å². The number of nitrogens with zero attached hydrogens (tertiary/aromatic N) is 4. The van der Waals surface area contributed by atoms with Crippen molar-refractivity contribution in [3.8, 4) is 11.1 Å². The molecule has 4 aromatic rings. The summed E-state index contributed by atoms with van der Waals surface area (Å²) in [6.45, 7) is 3.09. The van der Waals surface area contributed by atoms with E-state index in [2.05, 4.69) is 25.2 Å². The van der Waals surface area contributed by atoms with Crippen LogP contribution in [0.3, 0.4) is 0 Å². The van der Waals surface area contributed by atoms with Crippen molar-refractivity contribution in [3.63, 3.8) is 0 Å². The van der Waals surface area contributed by atoms with Crippen molar-refractivity contribution in [2.24, 2.45) is 0 Å². The Bertz CT molecular complexity index is 1230. The molecule has 31 heavy (non-hydrogen) atoms. The standard InChI is InChI=1S/C23H19F2N5O/c24-18-2-1-3-19(22(18)25)29-23-17-6-4-15(12-20(17)27-14-28-23)16-5-7-21(26-13-16)30-8-10-31-11-9-30/h1-7,12-14H,8-11H2,(H,27,28,29). The number of hydrogen-bond donors (Lipinski definition) is 1. The Labute approximate surface area is 177 Å². The van der Waals surface area contributed by atoms with Crippen LogP contribution in [0.1, 0.15) is 0 Å². The van der Waals surface area contributed by atoms with E-state index in [1.165, 1.54) is 18.5 Å². The van der Waals surface area contributed by atoms with Gasteiger partial charge in [-0.15, -0.1) is 0 Å². The normalized spacial score (nSPS) is 14.1. The molecule has 2 aromatic heterocycles. The van der Waals surface area contributed by atoms with Gasteiger partial charge in [0, 0.05) is 30.2 Å². The van der Waals surface area contributed by atoms with Gasteiger partial charge in [-0.25, -0.2) is 23.7 Å². The third kappa shape index (κ3) is 3.89. The van der Waals surface area contributed by atoms with Crippen molar-refractivity contribution in [2.75, 3.05) is 36.5 Å². The number of fused-ring (bicyclic) bond motifs is 1. The lowest BCUT2D eigenvalue weighted by atomic mass is 10.1. The first-order valence-electron chi connectivity index (χ1n) is 9.94. The third-order valence-corrected chi connectivity index (χ3v) is 5.26. The highest BCUT2D eigenvalue weighted by molar-refractivity contribution is 5.93. The van der Waals surface area contributed by atoms with E-state index in [4.69, 9.17) is 4.74 Å². The summed E-state index contributed by atoms with van der Waals surface area (Å²) in [5.74, 6) is -0.531. The first kappa shape index (κ1) is 19.3. The van der Waals surface area contributed by atoms with Crippen LogP contribution in [0.4, 0.5) is 26.1 Å². The van der Waals surface area contributed by atoms with Gasteiger partial charge in [0.25, 0.3) is 0 Å². The number of hydrogen-bond acceptors (Lipinski definition) is 6. The highest BCUT2D eigenvalue weighted by Crippen LogP contribution is 2.29. The summed E-state index contributed by atoms with van der Waals surface area (Å²) in [5.41, 5.74) is 2.62. The van der Waals surface area contributed by atoms with Crippen LogP contribution in [0.5, 0.6) is 0 Å². The molecule has 1 saturated heterocycles. The Morgan fingerprint density at radius 2 is 1.74 bits per heavy atom. The summed E-state index contributed by atoms with van der Waals surface area (Å²) in [6, 6.07) is 13.7. The molecule has 0 unspecified atom stereocenters. The van der Waals surface area contributed by atoms with Crippen LogP contribution in [0.15, 0.2) is 61.1 Å². The van der Waals surface area contributed by atoms with Crippen molar-refractivity contribution < 1.29 is 13.5 Å². The molecule has 2 aromatic carbocycles. The molecule has 0 spiro atoms. The molecule has 6 nitrogen and oxygen atoms in total. The zero-order valence-electron chi connectivity index (χ0n) is 16.6. The predicted octanol–water partition coefficient (Wildman–Crippen LogP) is 4.55. The molecular weight excluding hydrogens is 400 g/mol. The Morgan fingerprint density at radius 1 is 0.903 bits per heavy atom. The van der Waals surface area contributed by atoms with Crippen molar-refractivity contribution >= 4 is 28.2 Å². The van der Waals surface area contributed by atoms with Crippen LogP contribution in [0.25, 0.3) is 22.0 Å². The number of halogens is 2. The van der Waals surface area contributed by atoms with Crippen LogP contribution < -0.4 is 10.2 Å². The van der Waals surface area contributed by atoms with Gasteiger partial charge >= 0.3 is 0 Å². The minimum absolute atomic E-state index is 0.0204. The fourth-order valence-electron chi connectivity index (χ4n) is 3.60. The van der Waals surface area contributed by atoms with Crippen LogP contribution in [0.2, 0.25) is 0 Å². The van der Waals surface area contributed by atoms with Crippen molar-refractivity contribution in [3.05, 3.63) is 72.7 Å². The van der Waals surface area contributed by atoms with Gasteiger partial charge in [0.15, 0.2) is 11.6 Å².